The minimum Gasteiger partial charge on any atom is -0.464 e. The molecule has 1 rings (SSSR count). The van der Waals surface area contributed by atoms with Gasteiger partial charge in [0.2, 0.25) is 0 Å². The third kappa shape index (κ3) is 4.79. The van der Waals surface area contributed by atoms with Crippen LogP contribution in [-0.2, 0) is 19.1 Å². The highest BCUT2D eigenvalue weighted by Gasteiger charge is 2.40. The lowest BCUT2D eigenvalue weighted by atomic mass is 9.67. The molecule has 0 amide bonds. The molecule has 0 radical (unpaired) electrons. The fraction of sp³-hybridized carbons (Fsp3) is 0.722. The summed E-state index contributed by atoms with van der Waals surface area (Å²) in [5.41, 5.74) is 0. The molecule has 0 aromatic rings. The summed E-state index contributed by atoms with van der Waals surface area (Å²) < 4.78 is 5.15. The van der Waals surface area contributed by atoms with E-state index in [1.54, 1.807) is 13.0 Å². The fourth-order valence-electron chi connectivity index (χ4n) is 3.54. The van der Waals surface area contributed by atoms with Crippen LogP contribution < -0.4 is 0 Å². The standard InChI is InChI=1S/C18H28O4/c1-5-6-17(22-11-19)14(4)16-9-7-12(2)15(18(16)21)10-8-13(3)20/h5,11-12,14-17H,1,6-10H2,2-4H3/t12-,14-,15?,16+,17-/m1/s1. The van der Waals surface area contributed by atoms with Crippen LogP contribution in [0.2, 0.25) is 0 Å². The van der Waals surface area contributed by atoms with Crippen molar-refractivity contribution in [3.05, 3.63) is 12.7 Å². The van der Waals surface area contributed by atoms with Gasteiger partial charge in [-0.05, 0) is 32.1 Å². The summed E-state index contributed by atoms with van der Waals surface area (Å²) in [6.07, 6.45) is 4.87. The highest BCUT2D eigenvalue weighted by atomic mass is 16.5. The molecule has 4 heteroatoms. The molecule has 1 aliphatic carbocycles. The predicted molar refractivity (Wildman–Crippen MR) is 85.2 cm³/mol. The molecule has 1 aliphatic rings. The van der Waals surface area contributed by atoms with Crippen molar-refractivity contribution in [3.8, 4) is 0 Å². The Hall–Kier alpha value is -1.45. The number of hydrogen-bond acceptors (Lipinski definition) is 4. The number of carbonyl (C=O) groups is 3. The third-order valence-electron chi connectivity index (χ3n) is 5.01. The maximum absolute atomic E-state index is 12.8. The molecule has 0 saturated heterocycles. The molecule has 5 atom stereocenters. The molecule has 0 spiro atoms. The lowest BCUT2D eigenvalue weighted by Crippen LogP contribution is -2.41. The first-order chi connectivity index (χ1) is 10.4. The minimum absolute atomic E-state index is 0.0250. The number of carbonyl (C=O) groups excluding carboxylic acids is 3. The van der Waals surface area contributed by atoms with Crippen molar-refractivity contribution in [1.82, 2.24) is 0 Å². The zero-order valence-corrected chi connectivity index (χ0v) is 13.9. The van der Waals surface area contributed by atoms with Crippen LogP contribution in [0.25, 0.3) is 0 Å². The summed E-state index contributed by atoms with van der Waals surface area (Å²) in [6.45, 7) is 9.77. The highest BCUT2D eigenvalue weighted by Crippen LogP contribution is 2.38. The van der Waals surface area contributed by atoms with Crippen molar-refractivity contribution in [3.63, 3.8) is 0 Å². The molecule has 1 saturated carbocycles. The largest absolute Gasteiger partial charge is 0.464 e. The number of ketones is 2. The average Bonchev–Trinajstić information content (AvgIpc) is 2.46. The Bertz CT molecular complexity index is 405. The van der Waals surface area contributed by atoms with Gasteiger partial charge in [-0.1, -0.05) is 19.9 Å². The van der Waals surface area contributed by atoms with E-state index >= 15 is 0 Å². The van der Waals surface area contributed by atoms with Crippen molar-refractivity contribution in [2.75, 3.05) is 0 Å². The summed E-state index contributed by atoms with van der Waals surface area (Å²) >= 11 is 0. The second-order valence-corrected chi connectivity index (χ2v) is 6.56. The summed E-state index contributed by atoms with van der Waals surface area (Å²) in [7, 11) is 0. The molecule has 0 aromatic heterocycles. The number of ether oxygens (including phenoxy) is 1. The molecule has 1 unspecified atom stereocenters. The Morgan fingerprint density at radius 2 is 2.14 bits per heavy atom. The van der Waals surface area contributed by atoms with E-state index in [-0.39, 0.29) is 35.4 Å². The van der Waals surface area contributed by atoms with Crippen molar-refractivity contribution in [2.24, 2.45) is 23.7 Å². The number of hydrogen-bond donors (Lipinski definition) is 0. The van der Waals surface area contributed by atoms with Gasteiger partial charge in [0.1, 0.15) is 17.7 Å². The molecule has 4 nitrogen and oxygen atoms in total. The van der Waals surface area contributed by atoms with E-state index in [0.29, 0.717) is 31.7 Å². The quantitative estimate of drug-likeness (QED) is 0.484. The van der Waals surface area contributed by atoms with Crippen LogP contribution in [0.5, 0.6) is 0 Å². The second-order valence-electron chi connectivity index (χ2n) is 6.56. The van der Waals surface area contributed by atoms with Gasteiger partial charge >= 0.3 is 0 Å². The van der Waals surface area contributed by atoms with E-state index in [1.807, 2.05) is 6.92 Å². The Labute approximate surface area is 133 Å². The average molecular weight is 308 g/mol. The molecule has 22 heavy (non-hydrogen) atoms. The van der Waals surface area contributed by atoms with Gasteiger partial charge in [0.15, 0.2) is 0 Å². The van der Waals surface area contributed by atoms with Gasteiger partial charge < -0.3 is 9.53 Å². The van der Waals surface area contributed by atoms with Gasteiger partial charge in [0, 0.05) is 30.6 Å². The monoisotopic (exact) mass is 308 g/mol. The van der Waals surface area contributed by atoms with Gasteiger partial charge in [0.25, 0.3) is 6.47 Å². The number of rotatable bonds is 9. The van der Waals surface area contributed by atoms with Crippen LogP contribution >= 0.6 is 0 Å². The first-order valence-corrected chi connectivity index (χ1v) is 8.15. The van der Waals surface area contributed by atoms with Crippen LogP contribution in [0.15, 0.2) is 12.7 Å². The van der Waals surface area contributed by atoms with Crippen molar-refractivity contribution < 1.29 is 19.1 Å². The molecule has 124 valence electrons. The van der Waals surface area contributed by atoms with Crippen LogP contribution in [-0.4, -0.2) is 24.1 Å². The summed E-state index contributed by atoms with van der Waals surface area (Å²) in [6, 6.07) is 0. The van der Waals surface area contributed by atoms with Crippen molar-refractivity contribution in [2.45, 2.75) is 59.0 Å². The molecule has 0 bridgehead atoms. The summed E-state index contributed by atoms with van der Waals surface area (Å²) in [4.78, 5) is 34.7. The fourth-order valence-corrected chi connectivity index (χ4v) is 3.54. The van der Waals surface area contributed by atoms with Crippen LogP contribution in [0.3, 0.4) is 0 Å². The minimum atomic E-state index is -0.300. The molecule has 0 aromatic carbocycles. The zero-order valence-electron chi connectivity index (χ0n) is 13.9. The number of Topliss-reactive ketones (excluding diaryl/α,β-unsaturated/α-hetero) is 2. The Morgan fingerprint density at radius 3 is 2.68 bits per heavy atom. The Balaban J connectivity index is 2.80. The Morgan fingerprint density at radius 1 is 1.45 bits per heavy atom. The summed E-state index contributed by atoms with van der Waals surface area (Å²) in [5, 5.41) is 0. The van der Waals surface area contributed by atoms with E-state index in [0.717, 1.165) is 12.8 Å². The third-order valence-corrected chi connectivity index (χ3v) is 5.01. The second kappa shape index (κ2) is 8.86. The smallest absolute Gasteiger partial charge is 0.293 e. The molecular weight excluding hydrogens is 280 g/mol. The lowest BCUT2D eigenvalue weighted by molar-refractivity contribution is -0.143. The van der Waals surface area contributed by atoms with Gasteiger partial charge in [-0.15, -0.1) is 6.58 Å². The van der Waals surface area contributed by atoms with Gasteiger partial charge in [-0.25, -0.2) is 0 Å². The van der Waals surface area contributed by atoms with E-state index in [1.165, 1.54) is 0 Å². The topological polar surface area (TPSA) is 60.4 Å². The highest BCUT2D eigenvalue weighted by molar-refractivity contribution is 5.85. The van der Waals surface area contributed by atoms with Crippen molar-refractivity contribution >= 4 is 18.0 Å². The molecule has 0 aliphatic heterocycles. The van der Waals surface area contributed by atoms with Gasteiger partial charge in [-0.3, -0.25) is 9.59 Å². The lowest BCUT2D eigenvalue weighted by Gasteiger charge is -2.37. The van der Waals surface area contributed by atoms with E-state index in [2.05, 4.69) is 13.5 Å². The maximum atomic E-state index is 12.8. The van der Waals surface area contributed by atoms with Crippen LogP contribution in [0.1, 0.15) is 52.9 Å². The SMILES string of the molecule is C=CC[C@@H](OC=O)[C@H](C)[C@@H]1CC[C@@H](C)C(CCC(C)=O)C1=O. The van der Waals surface area contributed by atoms with Crippen LogP contribution in [0.4, 0.5) is 0 Å². The predicted octanol–water partition coefficient (Wildman–Crippen LogP) is 3.34. The van der Waals surface area contributed by atoms with Crippen molar-refractivity contribution in [1.29, 1.82) is 0 Å². The molecule has 1 fully saturated rings. The maximum Gasteiger partial charge on any atom is 0.293 e. The Kier molecular flexibility index (Phi) is 7.49. The molecule has 0 heterocycles. The normalized spacial score (nSPS) is 27.8. The van der Waals surface area contributed by atoms with E-state index in [9.17, 15) is 14.4 Å². The van der Waals surface area contributed by atoms with Crippen LogP contribution in [0, 0.1) is 23.7 Å². The zero-order chi connectivity index (χ0) is 16.7. The summed E-state index contributed by atoms with van der Waals surface area (Å²) in [5.74, 6) is 0.506. The molecule has 0 N–H and O–H groups in total. The van der Waals surface area contributed by atoms with E-state index < -0.39 is 0 Å². The first-order valence-electron chi connectivity index (χ1n) is 8.15. The van der Waals surface area contributed by atoms with Gasteiger partial charge in [0.05, 0.1) is 0 Å². The van der Waals surface area contributed by atoms with Gasteiger partial charge in [-0.2, -0.15) is 0 Å². The first kappa shape index (κ1) is 18.6. The molecular formula is C18H28O4. The van der Waals surface area contributed by atoms with E-state index in [4.69, 9.17) is 4.74 Å².